The van der Waals surface area contributed by atoms with Gasteiger partial charge in [-0.3, -0.25) is 111 Å². The molecule has 17 amide bonds. The molecule has 0 aromatic rings. The number of likely N-dealkylation sites (tertiary alicyclic amines) is 2. The lowest BCUT2D eigenvalue weighted by atomic mass is 9.84. The Balaban J connectivity index is 1.95. The van der Waals surface area contributed by atoms with Crippen LogP contribution in [0.5, 0.6) is 0 Å². The van der Waals surface area contributed by atoms with Crippen molar-refractivity contribution in [2.45, 2.75) is 337 Å². The molecule has 0 spiro atoms. The number of carboxylic acids is 4. The number of carbonyl (C=O) groups excluding carboxylic acids is 17. The third-order valence-corrected chi connectivity index (χ3v) is 28.3. The molecule has 19 N–H and O–H groups in total. The van der Waals surface area contributed by atoms with Crippen LogP contribution < -0.4 is 64.2 Å². The molecular formula is C98H167N19O27. The number of aliphatic carboxylic acids is 4. The number of aliphatic hydroxyl groups excluding tert-OH is 2. The van der Waals surface area contributed by atoms with Crippen molar-refractivity contribution in [1.82, 2.24) is 92.8 Å². The maximum atomic E-state index is 14.8. The fourth-order valence-electron chi connectivity index (χ4n) is 19.5. The van der Waals surface area contributed by atoms with Gasteiger partial charge in [0.1, 0.15) is 60.4 Å². The minimum Gasteiger partial charge on any atom is -0.481 e. The standard InChI is InChI=1S/C98H167N19O27/c1-27-52(11)83(113(25)96(141)77(48(3)4)107-94(139)81(50(7)8)111(21)22)54(13)43-72(122)115-41-29-31-67(115)56(15)58(17)85(130)109-79(60(19)118)92(137)103-63(34-39-75(126)127)88(133)105-65(46-101-91(136)69(45-99)117-70(120)36-37-71(117)121)90(135)102-62(33-38-74(124)125)87(132)100-47-66(98(143)144)106-89(134)64(35-40-76(128)129)104-93(138)80(61(20)119)110-86(131)59(18)57(16)68-32-30-42-116(68)73(123)44-55(14)84(53(12)28-2)114(26)97(142)78(49(5)6)108-95(140)82(51(9)10)112(23)24/h36-37,48-69,77-84,118-119H,27-35,38-47,99H2,1-26H3,(H,100,132)(H,101,136)(H,102,135)(H,103,137)(H,104,138)(H,105,133)(H,106,134)(H,107,139)(H,108,140)(H,109,130)(H,110,131)(H,124,125)(H,126,127)(H,128,129)(H,143,144)/t52?,53-,54+,55+,56+,57+,58+,59+,60+,61+,62-,63-,64-,65-,66-,67-,68-,69-,77-,78?,79?,80?,81-,82-,83-,84-/m0/s1. The summed E-state index contributed by atoms with van der Waals surface area (Å²) in [5.74, 6) is -26.5. The largest absolute Gasteiger partial charge is 0.481 e. The molecule has 3 rings (SSSR count). The van der Waals surface area contributed by atoms with Crippen LogP contribution in [-0.2, 0) is 101 Å². The molecule has 2 fully saturated rings. The van der Waals surface area contributed by atoms with E-state index < -0.39 is 291 Å². The summed E-state index contributed by atoms with van der Waals surface area (Å²) in [6.07, 6.45) is -3.78. The van der Waals surface area contributed by atoms with E-state index in [1.54, 1.807) is 85.5 Å². The van der Waals surface area contributed by atoms with E-state index in [9.17, 15) is 131 Å². The molecule has 26 atom stereocenters. The lowest BCUT2D eigenvalue weighted by Crippen LogP contribution is -2.62. The van der Waals surface area contributed by atoms with Crippen molar-refractivity contribution in [3.63, 3.8) is 0 Å². The first-order valence-electron chi connectivity index (χ1n) is 50.2. The molecule has 144 heavy (non-hydrogen) atoms. The van der Waals surface area contributed by atoms with Crippen molar-refractivity contribution >= 4 is 124 Å². The van der Waals surface area contributed by atoms with Gasteiger partial charge >= 0.3 is 23.9 Å². The highest BCUT2D eigenvalue weighted by molar-refractivity contribution is 6.15. The highest BCUT2D eigenvalue weighted by Gasteiger charge is 2.47. The van der Waals surface area contributed by atoms with Crippen molar-refractivity contribution in [1.29, 1.82) is 0 Å². The summed E-state index contributed by atoms with van der Waals surface area (Å²) in [5, 5.41) is 88.8. The second kappa shape index (κ2) is 59.3. The number of nitrogens with one attached hydrogen (secondary N) is 11. The van der Waals surface area contributed by atoms with Gasteiger partial charge in [0.05, 0.1) is 24.3 Å². The predicted octanol–water partition coefficient (Wildman–Crippen LogP) is -0.916. The average molecular weight is 2040 g/mol. The van der Waals surface area contributed by atoms with Gasteiger partial charge in [0.2, 0.25) is 88.6 Å². The zero-order valence-corrected chi connectivity index (χ0v) is 88.9. The highest BCUT2D eigenvalue weighted by atomic mass is 16.4. The van der Waals surface area contributed by atoms with Crippen LogP contribution in [0.2, 0.25) is 0 Å². The second-order valence-electron chi connectivity index (χ2n) is 41.2. The second-order valence-corrected chi connectivity index (χ2v) is 41.2. The topological polar surface area (TPSA) is 661 Å². The van der Waals surface area contributed by atoms with E-state index in [1.165, 1.54) is 13.8 Å². The Labute approximate surface area is 845 Å². The molecule has 0 aliphatic carbocycles. The number of carboxylic acid groups (broad SMARTS) is 4. The molecule has 4 unspecified atom stereocenters. The van der Waals surface area contributed by atoms with E-state index in [1.807, 2.05) is 96.9 Å². The zero-order chi connectivity index (χ0) is 110. The Morgan fingerprint density at radius 1 is 0.382 bits per heavy atom. The van der Waals surface area contributed by atoms with Crippen molar-refractivity contribution in [3.8, 4) is 0 Å². The van der Waals surface area contributed by atoms with Crippen LogP contribution in [0.25, 0.3) is 0 Å². The molecule has 46 nitrogen and oxygen atoms in total. The maximum absolute atomic E-state index is 14.8. The number of nitrogens with zero attached hydrogens (tertiary/aromatic N) is 7. The van der Waals surface area contributed by atoms with Gasteiger partial charge in [-0.2, -0.15) is 0 Å². The number of amides is 17. The zero-order valence-electron chi connectivity index (χ0n) is 88.9. The summed E-state index contributed by atoms with van der Waals surface area (Å²) >= 11 is 0. The molecule has 0 saturated carbocycles. The predicted molar refractivity (Wildman–Crippen MR) is 529 cm³/mol. The highest BCUT2D eigenvalue weighted by Crippen LogP contribution is 2.36. The van der Waals surface area contributed by atoms with Crippen molar-refractivity contribution < 1.29 is 131 Å². The van der Waals surface area contributed by atoms with Crippen LogP contribution in [0, 0.1) is 71.0 Å². The Morgan fingerprint density at radius 2 is 0.688 bits per heavy atom. The van der Waals surface area contributed by atoms with Crippen LogP contribution in [0.4, 0.5) is 0 Å². The monoisotopic (exact) mass is 2040 g/mol. The van der Waals surface area contributed by atoms with Crippen LogP contribution >= 0.6 is 0 Å². The molecule has 2 saturated heterocycles. The molecular weight excluding hydrogens is 1880 g/mol. The smallest absolute Gasteiger partial charge is 0.328 e. The number of rotatable bonds is 62. The van der Waals surface area contributed by atoms with Crippen LogP contribution in [0.3, 0.4) is 0 Å². The van der Waals surface area contributed by atoms with Gasteiger partial charge in [0.25, 0.3) is 11.8 Å². The maximum Gasteiger partial charge on any atom is 0.328 e. The first-order valence-corrected chi connectivity index (χ1v) is 50.2. The Morgan fingerprint density at radius 3 is 0.993 bits per heavy atom. The first kappa shape index (κ1) is 127. The number of aliphatic hydroxyl groups is 2. The number of nitrogens with two attached hydrogens (primary N) is 1. The van der Waals surface area contributed by atoms with Gasteiger partial charge in [0.15, 0.2) is 0 Å². The van der Waals surface area contributed by atoms with Gasteiger partial charge < -0.3 is 114 Å². The number of hydrogen-bond acceptors (Lipinski definition) is 26. The lowest BCUT2D eigenvalue weighted by molar-refractivity contribution is -0.145. The Kier molecular flexibility index (Phi) is 52.2. The van der Waals surface area contributed by atoms with Gasteiger partial charge in [-0.1, -0.05) is 137 Å². The minimum atomic E-state index is -2.24. The number of hydrogen-bond donors (Lipinski definition) is 18. The van der Waals surface area contributed by atoms with E-state index in [4.69, 9.17) is 5.73 Å². The first-order chi connectivity index (χ1) is 67.0. The fraction of sp³-hybridized carbons (Fsp3) is 0.765. The third kappa shape index (κ3) is 36.7. The van der Waals surface area contributed by atoms with Crippen molar-refractivity contribution in [2.24, 2.45) is 76.7 Å². The Bertz CT molecular complexity index is 4440. The fourth-order valence-corrected chi connectivity index (χ4v) is 19.5. The van der Waals surface area contributed by atoms with Gasteiger partial charge in [-0.05, 0) is 146 Å². The molecule has 3 heterocycles. The summed E-state index contributed by atoms with van der Waals surface area (Å²) in [6, 6.07) is -21.0. The SMILES string of the molecule is CCC(C)[C@@H]([C@H](C)CC(=O)N1CCC[C@H]1[C@H](C)[C@@H](C)C(=O)NC(C(=O)N[C@@H](CCC(=O)O)C(=O)N[C@@H](CNC(=O)[C@H](CN)N1C(=O)C=CC1=O)C(=O)N[C@@H](CCC(=O)O)C(=O)NC[C@H](NC(=O)[C@H](CCC(=O)O)NC(=O)C(NC(=O)[C@H](C)[C@@H](C)[C@@H]1CCCN1C(=O)C[C@@H](C)[C@H]([C@@H](C)CC)N(C)C(=O)C(NC(=O)[C@H](C(C)C)N(C)C)C(C)C)[C@@H](C)O)C(=O)O)[C@@H](C)O)N(C)C(=O)[C@@H](NC(=O)[C@H](C(C)C)N(C)C)C(C)C. The summed E-state index contributed by atoms with van der Waals surface area (Å²) < 4.78 is 0. The van der Waals surface area contributed by atoms with Crippen LogP contribution in [-0.4, -0.2) is 373 Å². The lowest BCUT2D eigenvalue weighted by Gasteiger charge is -2.40. The average Bonchev–Trinajstić information content (AvgIpc) is 1.82. The summed E-state index contributed by atoms with van der Waals surface area (Å²) in [7, 11) is 10.5. The normalized spacial score (nSPS) is 19.4. The van der Waals surface area contributed by atoms with E-state index in [-0.39, 0.29) is 83.8 Å². The molecule has 3 aliphatic rings. The molecule has 0 aromatic carbocycles. The molecule has 816 valence electrons. The number of carbonyl (C=O) groups is 21. The van der Waals surface area contributed by atoms with Crippen molar-refractivity contribution in [2.75, 3.05) is 75.0 Å². The van der Waals surface area contributed by atoms with E-state index in [0.29, 0.717) is 56.5 Å². The minimum absolute atomic E-state index is 0.000720. The van der Waals surface area contributed by atoms with Crippen LogP contribution in [0.15, 0.2) is 12.2 Å². The molecule has 0 radical (unpaired) electrons. The number of likely N-dealkylation sites (N-methyl/N-ethyl adjacent to an activating group) is 4. The molecule has 0 bridgehead atoms. The summed E-state index contributed by atoms with van der Waals surface area (Å²) in [6.45, 7) is 33.0. The van der Waals surface area contributed by atoms with E-state index in [2.05, 4.69) is 58.5 Å². The summed E-state index contributed by atoms with van der Waals surface area (Å²) in [5.41, 5.74) is 5.86. The summed E-state index contributed by atoms with van der Waals surface area (Å²) in [4.78, 5) is 301. The van der Waals surface area contributed by atoms with Gasteiger partial charge in [-0.25, -0.2) is 4.79 Å². The quantitative estimate of drug-likeness (QED) is 0.0328. The van der Waals surface area contributed by atoms with Crippen molar-refractivity contribution in [3.05, 3.63) is 12.2 Å². The Hall–Kier alpha value is -11.4. The van der Waals surface area contributed by atoms with E-state index >= 15 is 0 Å². The molecule has 0 aromatic heterocycles. The van der Waals surface area contributed by atoms with Gasteiger partial charge in [-0.15, -0.1) is 0 Å². The third-order valence-electron chi connectivity index (χ3n) is 28.3. The van der Waals surface area contributed by atoms with Crippen LogP contribution in [0.1, 0.15) is 228 Å². The number of imide groups is 1. The van der Waals surface area contributed by atoms with E-state index in [0.717, 1.165) is 26.0 Å². The van der Waals surface area contributed by atoms with Gasteiger partial charge in [0, 0.05) is 127 Å². The molecule has 46 heteroatoms. The molecule has 3 aliphatic heterocycles.